The molecule has 0 radical (unpaired) electrons. The number of fused-ring (bicyclic) bond motifs is 1. The molecule has 2 atom stereocenters. The van der Waals surface area contributed by atoms with E-state index >= 15 is 0 Å². The first-order valence-corrected chi connectivity index (χ1v) is 7.24. The molecule has 1 aliphatic heterocycles. The highest BCUT2D eigenvalue weighted by atomic mass is 16.2. The first-order valence-electron chi connectivity index (χ1n) is 7.24. The predicted octanol–water partition coefficient (Wildman–Crippen LogP) is 1.68. The number of nitrogens with two attached hydrogens (primary N) is 1. The third-order valence-electron chi connectivity index (χ3n) is 4.63. The summed E-state index contributed by atoms with van der Waals surface area (Å²) in [6.07, 6.45) is 1.70. The van der Waals surface area contributed by atoms with E-state index in [-0.39, 0.29) is 23.7 Å². The van der Waals surface area contributed by atoms with E-state index in [9.17, 15) is 9.59 Å². The maximum Gasteiger partial charge on any atom is 0.233 e. The molecule has 1 heterocycles. The Morgan fingerprint density at radius 3 is 2.20 bits per heavy atom. The second kappa shape index (κ2) is 5.02. The SMILES string of the molecule is CC1CC2C(=O)N(Cc3ccccc3CN)C(=O)C2C1. The summed E-state index contributed by atoms with van der Waals surface area (Å²) in [6, 6.07) is 7.74. The van der Waals surface area contributed by atoms with E-state index in [0.29, 0.717) is 19.0 Å². The van der Waals surface area contributed by atoms with Crippen molar-refractivity contribution >= 4 is 11.8 Å². The van der Waals surface area contributed by atoms with Gasteiger partial charge in [-0.25, -0.2) is 0 Å². The molecule has 0 spiro atoms. The molecular weight excluding hydrogens is 252 g/mol. The molecule has 1 aliphatic carbocycles. The van der Waals surface area contributed by atoms with Crippen LogP contribution >= 0.6 is 0 Å². The van der Waals surface area contributed by atoms with Crippen molar-refractivity contribution < 1.29 is 9.59 Å². The molecule has 2 amide bonds. The van der Waals surface area contributed by atoms with Crippen LogP contribution in [0.4, 0.5) is 0 Å². The van der Waals surface area contributed by atoms with Gasteiger partial charge in [-0.15, -0.1) is 0 Å². The highest BCUT2D eigenvalue weighted by Gasteiger charge is 2.51. The summed E-state index contributed by atoms with van der Waals surface area (Å²) in [7, 11) is 0. The minimum Gasteiger partial charge on any atom is -0.326 e. The molecule has 3 rings (SSSR count). The molecule has 2 unspecified atom stereocenters. The number of amides is 2. The lowest BCUT2D eigenvalue weighted by molar-refractivity contribution is -0.141. The van der Waals surface area contributed by atoms with Crippen molar-refractivity contribution in [2.24, 2.45) is 23.5 Å². The Balaban J connectivity index is 1.82. The number of hydrogen-bond donors (Lipinski definition) is 1. The molecular formula is C16H20N2O2. The number of likely N-dealkylation sites (tertiary alicyclic amines) is 1. The quantitative estimate of drug-likeness (QED) is 0.851. The molecule has 0 bridgehead atoms. The number of benzene rings is 1. The van der Waals surface area contributed by atoms with Gasteiger partial charge < -0.3 is 5.73 Å². The molecule has 1 aromatic carbocycles. The van der Waals surface area contributed by atoms with Gasteiger partial charge in [-0.05, 0) is 29.9 Å². The fourth-order valence-corrected chi connectivity index (χ4v) is 3.58. The van der Waals surface area contributed by atoms with Crippen molar-refractivity contribution in [3.63, 3.8) is 0 Å². The lowest BCUT2D eigenvalue weighted by Crippen LogP contribution is -2.32. The van der Waals surface area contributed by atoms with E-state index in [1.54, 1.807) is 0 Å². The maximum absolute atomic E-state index is 12.4. The van der Waals surface area contributed by atoms with E-state index in [1.807, 2.05) is 24.3 Å². The van der Waals surface area contributed by atoms with Crippen molar-refractivity contribution in [3.8, 4) is 0 Å². The van der Waals surface area contributed by atoms with Crippen molar-refractivity contribution in [2.75, 3.05) is 0 Å². The Kier molecular flexibility index (Phi) is 3.34. The molecule has 2 aliphatic rings. The van der Waals surface area contributed by atoms with E-state index in [1.165, 1.54) is 4.90 Å². The van der Waals surface area contributed by atoms with Crippen molar-refractivity contribution in [2.45, 2.75) is 32.9 Å². The Labute approximate surface area is 118 Å². The number of rotatable bonds is 3. The summed E-state index contributed by atoms with van der Waals surface area (Å²) in [5, 5.41) is 0. The zero-order valence-electron chi connectivity index (χ0n) is 11.7. The number of carbonyl (C=O) groups is 2. The molecule has 1 saturated carbocycles. The molecule has 4 nitrogen and oxygen atoms in total. The summed E-state index contributed by atoms with van der Waals surface area (Å²) in [5.74, 6) is 0.341. The van der Waals surface area contributed by atoms with Crippen LogP contribution in [0.3, 0.4) is 0 Å². The van der Waals surface area contributed by atoms with Crippen LogP contribution in [0.2, 0.25) is 0 Å². The number of imide groups is 1. The van der Waals surface area contributed by atoms with Gasteiger partial charge in [-0.3, -0.25) is 14.5 Å². The van der Waals surface area contributed by atoms with Gasteiger partial charge >= 0.3 is 0 Å². The average Bonchev–Trinajstić information content (AvgIpc) is 2.93. The normalized spacial score (nSPS) is 29.1. The summed E-state index contributed by atoms with van der Waals surface area (Å²) in [6.45, 7) is 2.91. The summed E-state index contributed by atoms with van der Waals surface area (Å²) in [4.78, 5) is 26.3. The lowest BCUT2D eigenvalue weighted by Gasteiger charge is -2.18. The van der Waals surface area contributed by atoms with Gasteiger partial charge in [0.2, 0.25) is 11.8 Å². The van der Waals surface area contributed by atoms with Gasteiger partial charge in [0.1, 0.15) is 0 Å². The minimum atomic E-state index is -0.0810. The lowest BCUT2D eigenvalue weighted by atomic mass is 10.00. The predicted molar refractivity (Wildman–Crippen MR) is 75.3 cm³/mol. The zero-order valence-corrected chi connectivity index (χ0v) is 11.7. The highest BCUT2D eigenvalue weighted by molar-refractivity contribution is 6.05. The van der Waals surface area contributed by atoms with Crippen molar-refractivity contribution in [1.29, 1.82) is 0 Å². The molecule has 2 fully saturated rings. The van der Waals surface area contributed by atoms with Crippen LogP contribution < -0.4 is 5.73 Å². The molecule has 2 N–H and O–H groups in total. The third-order valence-corrected chi connectivity index (χ3v) is 4.63. The number of hydrogen-bond acceptors (Lipinski definition) is 3. The van der Waals surface area contributed by atoms with E-state index in [0.717, 1.165) is 24.0 Å². The van der Waals surface area contributed by atoms with Crippen LogP contribution in [0.25, 0.3) is 0 Å². The topological polar surface area (TPSA) is 63.4 Å². The summed E-state index contributed by atoms with van der Waals surface area (Å²) in [5.41, 5.74) is 7.69. The van der Waals surface area contributed by atoms with Crippen LogP contribution in [0.5, 0.6) is 0 Å². The van der Waals surface area contributed by atoms with E-state index in [2.05, 4.69) is 6.92 Å². The van der Waals surface area contributed by atoms with Crippen molar-refractivity contribution in [1.82, 2.24) is 4.90 Å². The fraction of sp³-hybridized carbons (Fsp3) is 0.500. The summed E-state index contributed by atoms with van der Waals surface area (Å²) < 4.78 is 0. The largest absolute Gasteiger partial charge is 0.326 e. The van der Waals surface area contributed by atoms with Crippen LogP contribution in [0.15, 0.2) is 24.3 Å². The Hall–Kier alpha value is -1.68. The van der Waals surface area contributed by atoms with E-state index < -0.39 is 0 Å². The molecule has 1 saturated heterocycles. The first kappa shape index (κ1) is 13.3. The van der Waals surface area contributed by atoms with Crippen molar-refractivity contribution in [3.05, 3.63) is 35.4 Å². The first-order chi connectivity index (χ1) is 9.61. The Morgan fingerprint density at radius 1 is 1.10 bits per heavy atom. The second-order valence-electron chi connectivity index (χ2n) is 6.03. The number of carbonyl (C=O) groups excluding carboxylic acids is 2. The second-order valence-corrected chi connectivity index (χ2v) is 6.03. The van der Waals surface area contributed by atoms with Crippen LogP contribution in [-0.2, 0) is 22.7 Å². The van der Waals surface area contributed by atoms with Crippen LogP contribution in [0.1, 0.15) is 30.9 Å². The standard InChI is InChI=1S/C16H20N2O2/c1-10-6-13-14(7-10)16(20)18(15(13)19)9-12-5-3-2-4-11(12)8-17/h2-5,10,13-14H,6-9,17H2,1H3. The fourth-order valence-electron chi connectivity index (χ4n) is 3.58. The minimum absolute atomic E-state index is 0.0103. The maximum atomic E-state index is 12.4. The number of nitrogens with zero attached hydrogens (tertiary/aromatic N) is 1. The third kappa shape index (κ3) is 2.04. The van der Waals surface area contributed by atoms with Crippen LogP contribution in [0, 0.1) is 17.8 Å². The van der Waals surface area contributed by atoms with Gasteiger partial charge in [0, 0.05) is 6.54 Å². The molecule has 0 aromatic heterocycles. The smallest absolute Gasteiger partial charge is 0.233 e. The van der Waals surface area contributed by atoms with Crippen LogP contribution in [-0.4, -0.2) is 16.7 Å². The van der Waals surface area contributed by atoms with Gasteiger partial charge in [0.25, 0.3) is 0 Å². The zero-order chi connectivity index (χ0) is 14.3. The highest BCUT2D eigenvalue weighted by Crippen LogP contribution is 2.43. The van der Waals surface area contributed by atoms with Gasteiger partial charge in [0.05, 0.1) is 18.4 Å². The summed E-state index contributed by atoms with van der Waals surface area (Å²) >= 11 is 0. The molecule has 20 heavy (non-hydrogen) atoms. The van der Waals surface area contributed by atoms with Gasteiger partial charge in [0.15, 0.2) is 0 Å². The van der Waals surface area contributed by atoms with Gasteiger partial charge in [-0.1, -0.05) is 31.2 Å². The average molecular weight is 272 g/mol. The molecule has 1 aromatic rings. The molecule has 4 heteroatoms. The monoisotopic (exact) mass is 272 g/mol. The molecule has 106 valence electrons. The Bertz CT molecular complexity index is 531. The Morgan fingerprint density at radius 2 is 1.65 bits per heavy atom. The van der Waals surface area contributed by atoms with Gasteiger partial charge in [-0.2, -0.15) is 0 Å². The van der Waals surface area contributed by atoms with E-state index in [4.69, 9.17) is 5.73 Å².